The summed E-state index contributed by atoms with van der Waals surface area (Å²) in [6.45, 7) is 4.54. The predicted octanol–water partition coefficient (Wildman–Crippen LogP) is 2.13. The lowest BCUT2D eigenvalue weighted by Crippen LogP contribution is -2.00. The average Bonchev–Trinajstić information content (AvgIpc) is 2.15. The predicted molar refractivity (Wildman–Crippen MR) is 53.7 cm³/mol. The Labute approximate surface area is 79.6 Å². The number of rotatable bonds is 4. The Morgan fingerprint density at radius 3 is 2.85 bits per heavy atom. The third kappa shape index (κ3) is 2.81. The maximum atomic E-state index is 8.74. The van der Waals surface area contributed by atoms with Crippen molar-refractivity contribution in [2.75, 3.05) is 6.61 Å². The van der Waals surface area contributed by atoms with Gasteiger partial charge in [0.2, 0.25) is 0 Å². The van der Waals surface area contributed by atoms with Gasteiger partial charge >= 0.3 is 0 Å². The zero-order valence-corrected chi connectivity index (χ0v) is 8.33. The molecule has 0 spiro atoms. The minimum atomic E-state index is 0.256. The highest BCUT2D eigenvalue weighted by molar-refractivity contribution is 5.22. The van der Waals surface area contributed by atoms with Crippen LogP contribution in [-0.4, -0.2) is 16.7 Å². The summed E-state index contributed by atoms with van der Waals surface area (Å²) in [7, 11) is 0. The standard InChI is InChI=1S/C11H17NO/c1-9(2)11-10(6-4-8-13)5-3-7-12-11/h3,5,7,9,13H,4,6,8H2,1-2H3. The number of aliphatic hydroxyl groups excluding tert-OH is 1. The maximum Gasteiger partial charge on any atom is 0.0460 e. The lowest BCUT2D eigenvalue weighted by atomic mass is 10.0. The molecule has 2 heteroatoms. The van der Waals surface area contributed by atoms with Crippen LogP contribution in [0, 0.1) is 0 Å². The van der Waals surface area contributed by atoms with E-state index in [-0.39, 0.29) is 6.61 Å². The summed E-state index contributed by atoms with van der Waals surface area (Å²) in [5.41, 5.74) is 2.43. The summed E-state index contributed by atoms with van der Waals surface area (Å²) in [6, 6.07) is 4.05. The number of aliphatic hydroxyl groups is 1. The number of aromatic nitrogens is 1. The van der Waals surface area contributed by atoms with Crippen molar-refractivity contribution in [1.82, 2.24) is 4.98 Å². The highest BCUT2D eigenvalue weighted by Gasteiger charge is 2.06. The van der Waals surface area contributed by atoms with Gasteiger partial charge in [0, 0.05) is 18.5 Å². The second-order valence-corrected chi connectivity index (χ2v) is 3.53. The summed E-state index contributed by atoms with van der Waals surface area (Å²) < 4.78 is 0. The molecule has 0 radical (unpaired) electrons. The van der Waals surface area contributed by atoms with Gasteiger partial charge in [-0.05, 0) is 30.4 Å². The molecule has 0 fully saturated rings. The van der Waals surface area contributed by atoms with Crippen LogP contribution >= 0.6 is 0 Å². The highest BCUT2D eigenvalue weighted by Crippen LogP contribution is 2.17. The molecular weight excluding hydrogens is 162 g/mol. The molecule has 0 aromatic carbocycles. The van der Waals surface area contributed by atoms with E-state index < -0.39 is 0 Å². The summed E-state index contributed by atoms with van der Waals surface area (Å²) in [5.74, 6) is 0.467. The van der Waals surface area contributed by atoms with Crippen molar-refractivity contribution in [2.45, 2.75) is 32.6 Å². The molecule has 0 amide bonds. The van der Waals surface area contributed by atoms with Gasteiger partial charge in [0.1, 0.15) is 0 Å². The average molecular weight is 179 g/mol. The van der Waals surface area contributed by atoms with Crippen LogP contribution in [-0.2, 0) is 6.42 Å². The fraction of sp³-hybridized carbons (Fsp3) is 0.545. The third-order valence-electron chi connectivity index (χ3n) is 2.08. The Hall–Kier alpha value is -0.890. The molecule has 1 aromatic rings. The number of aryl methyl sites for hydroxylation is 1. The molecule has 1 rings (SSSR count). The summed E-state index contributed by atoms with van der Waals surface area (Å²) in [6.07, 6.45) is 3.58. The number of pyridine rings is 1. The van der Waals surface area contributed by atoms with E-state index in [1.807, 2.05) is 12.3 Å². The summed E-state index contributed by atoms with van der Waals surface area (Å²) in [5, 5.41) is 8.74. The van der Waals surface area contributed by atoms with E-state index in [0.29, 0.717) is 5.92 Å². The van der Waals surface area contributed by atoms with Crippen LogP contribution < -0.4 is 0 Å². The van der Waals surface area contributed by atoms with Gasteiger partial charge in [0.05, 0.1) is 0 Å². The summed E-state index contributed by atoms with van der Waals surface area (Å²) >= 11 is 0. The Kier molecular flexibility index (Phi) is 3.90. The van der Waals surface area contributed by atoms with E-state index in [9.17, 15) is 0 Å². The molecule has 0 aliphatic rings. The molecule has 0 aliphatic carbocycles. The Morgan fingerprint density at radius 1 is 1.46 bits per heavy atom. The van der Waals surface area contributed by atoms with E-state index >= 15 is 0 Å². The zero-order valence-electron chi connectivity index (χ0n) is 8.33. The summed E-state index contributed by atoms with van der Waals surface area (Å²) in [4.78, 5) is 4.35. The van der Waals surface area contributed by atoms with Crippen LogP contribution in [0.2, 0.25) is 0 Å². The van der Waals surface area contributed by atoms with Gasteiger partial charge in [-0.15, -0.1) is 0 Å². The molecule has 0 saturated heterocycles. The molecule has 0 saturated carbocycles. The van der Waals surface area contributed by atoms with Gasteiger partial charge in [-0.25, -0.2) is 0 Å². The largest absolute Gasteiger partial charge is 0.396 e. The molecule has 2 nitrogen and oxygen atoms in total. The number of nitrogens with zero attached hydrogens (tertiary/aromatic N) is 1. The Bertz CT molecular complexity index is 258. The fourth-order valence-corrected chi connectivity index (χ4v) is 1.45. The molecule has 1 N–H and O–H groups in total. The zero-order chi connectivity index (χ0) is 9.68. The van der Waals surface area contributed by atoms with Crippen molar-refractivity contribution in [3.8, 4) is 0 Å². The first-order chi connectivity index (χ1) is 6.25. The Balaban J connectivity index is 2.78. The van der Waals surface area contributed by atoms with Gasteiger partial charge < -0.3 is 5.11 Å². The van der Waals surface area contributed by atoms with Gasteiger partial charge in [-0.3, -0.25) is 4.98 Å². The van der Waals surface area contributed by atoms with E-state index in [1.165, 1.54) is 5.56 Å². The van der Waals surface area contributed by atoms with Crippen LogP contribution in [0.5, 0.6) is 0 Å². The molecule has 0 bridgehead atoms. The van der Waals surface area contributed by atoms with Crippen molar-refractivity contribution < 1.29 is 5.11 Å². The number of hydrogen-bond acceptors (Lipinski definition) is 2. The van der Waals surface area contributed by atoms with E-state index in [4.69, 9.17) is 5.11 Å². The lowest BCUT2D eigenvalue weighted by molar-refractivity contribution is 0.288. The first-order valence-electron chi connectivity index (χ1n) is 4.80. The molecular formula is C11H17NO. The quantitative estimate of drug-likeness (QED) is 0.768. The topological polar surface area (TPSA) is 33.1 Å². The molecule has 0 atom stereocenters. The van der Waals surface area contributed by atoms with Crippen molar-refractivity contribution >= 4 is 0 Å². The van der Waals surface area contributed by atoms with Crippen molar-refractivity contribution in [3.05, 3.63) is 29.6 Å². The second kappa shape index (κ2) is 4.97. The molecule has 1 heterocycles. The normalized spacial score (nSPS) is 10.8. The SMILES string of the molecule is CC(C)c1ncccc1CCCO. The van der Waals surface area contributed by atoms with E-state index in [2.05, 4.69) is 24.9 Å². The first-order valence-corrected chi connectivity index (χ1v) is 4.80. The monoisotopic (exact) mass is 179 g/mol. The molecule has 0 aliphatic heterocycles. The van der Waals surface area contributed by atoms with Gasteiger partial charge in [-0.2, -0.15) is 0 Å². The Morgan fingerprint density at radius 2 is 2.23 bits per heavy atom. The highest BCUT2D eigenvalue weighted by atomic mass is 16.2. The molecule has 1 aromatic heterocycles. The van der Waals surface area contributed by atoms with Gasteiger partial charge in [-0.1, -0.05) is 19.9 Å². The molecule has 72 valence electrons. The minimum absolute atomic E-state index is 0.256. The van der Waals surface area contributed by atoms with E-state index in [0.717, 1.165) is 18.5 Å². The van der Waals surface area contributed by atoms with E-state index in [1.54, 1.807) is 0 Å². The van der Waals surface area contributed by atoms with Crippen LogP contribution in [0.25, 0.3) is 0 Å². The third-order valence-corrected chi connectivity index (χ3v) is 2.08. The number of hydrogen-bond donors (Lipinski definition) is 1. The minimum Gasteiger partial charge on any atom is -0.396 e. The fourth-order valence-electron chi connectivity index (χ4n) is 1.45. The van der Waals surface area contributed by atoms with Crippen LogP contribution in [0.15, 0.2) is 18.3 Å². The van der Waals surface area contributed by atoms with Crippen LogP contribution in [0.4, 0.5) is 0 Å². The second-order valence-electron chi connectivity index (χ2n) is 3.53. The van der Waals surface area contributed by atoms with Crippen LogP contribution in [0.3, 0.4) is 0 Å². The van der Waals surface area contributed by atoms with Crippen LogP contribution in [0.1, 0.15) is 37.4 Å². The van der Waals surface area contributed by atoms with Gasteiger partial charge in [0.25, 0.3) is 0 Å². The molecule has 13 heavy (non-hydrogen) atoms. The smallest absolute Gasteiger partial charge is 0.0460 e. The lowest BCUT2D eigenvalue weighted by Gasteiger charge is -2.10. The maximum absolute atomic E-state index is 8.74. The van der Waals surface area contributed by atoms with Crippen molar-refractivity contribution in [1.29, 1.82) is 0 Å². The van der Waals surface area contributed by atoms with Crippen molar-refractivity contribution in [2.24, 2.45) is 0 Å². The van der Waals surface area contributed by atoms with Gasteiger partial charge in [0.15, 0.2) is 0 Å². The first kappa shape index (κ1) is 10.2. The molecule has 0 unspecified atom stereocenters. The van der Waals surface area contributed by atoms with Crippen molar-refractivity contribution in [3.63, 3.8) is 0 Å².